The Kier molecular flexibility index (Phi) is 8.08. The van der Waals surface area contributed by atoms with Gasteiger partial charge in [-0.1, -0.05) is 27.2 Å². The number of rotatable bonds is 7. The van der Waals surface area contributed by atoms with Crippen LogP contribution in [0.3, 0.4) is 0 Å². The van der Waals surface area contributed by atoms with E-state index in [2.05, 4.69) is 12.2 Å². The van der Waals surface area contributed by atoms with E-state index in [4.69, 9.17) is 0 Å². The quantitative estimate of drug-likeness (QED) is 0.602. The van der Waals surface area contributed by atoms with Gasteiger partial charge in [0.05, 0.1) is 0 Å². The van der Waals surface area contributed by atoms with Crippen LogP contribution in [0, 0.1) is 0 Å². The van der Waals surface area contributed by atoms with E-state index in [1.807, 2.05) is 32.6 Å². The fourth-order valence-corrected chi connectivity index (χ4v) is 1.78. The lowest BCUT2D eigenvalue weighted by atomic mass is 10.1. The van der Waals surface area contributed by atoms with E-state index in [0.717, 1.165) is 32.5 Å². The predicted molar refractivity (Wildman–Crippen MR) is 81.8 cm³/mol. The molecule has 0 aliphatic carbocycles. The summed E-state index contributed by atoms with van der Waals surface area (Å²) < 4.78 is 0. The number of hydrogen-bond donors (Lipinski definition) is 1. The summed E-state index contributed by atoms with van der Waals surface area (Å²) in [6, 6.07) is 0. The molecule has 4 nitrogen and oxygen atoms in total. The van der Waals surface area contributed by atoms with Crippen molar-refractivity contribution in [3.05, 3.63) is 20.4 Å². The Morgan fingerprint density at radius 1 is 1.06 bits per heavy atom. The lowest BCUT2D eigenvalue weighted by molar-refractivity contribution is 0.823. The van der Waals surface area contributed by atoms with E-state index in [-0.39, 0.29) is 12.3 Å². The van der Waals surface area contributed by atoms with Crippen LogP contribution in [0.5, 0.6) is 0 Å². The zero-order valence-corrected chi connectivity index (χ0v) is 12.3. The highest BCUT2D eigenvalue weighted by atomic mass is 16.2. The SMILES string of the molecule is CC.CCCCNc1c(N(CC)CC)c(=O)c1=O.[HH]. The third-order valence-corrected chi connectivity index (χ3v) is 2.80. The highest BCUT2D eigenvalue weighted by Crippen LogP contribution is 2.19. The van der Waals surface area contributed by atoms with Gasteiger partial charge >= 0.3 is 0 Å². The molecule has 1 aromatic carbocycles. The van der Waals surface area contributed by atoms with Crippen LogP contribution in [0.4, 0.5) is 11.4 Å². The Labute approximate surface area is 111 Å². The van der Waals surface area contributed by atoms with Crippen molar-refractivity contribution < 1.29 is 1.43 Å². The average molecular weight is 256 g/mol. The molecule has 4 heteroatoms. The largest absolute Gasteiger partial charge is 0.380 e. The van der Waals surface area contributed by atoms with Gasteiger partial charge < -0.3 is 10.2 Å². The minimum absolute atomic E-state index is 0. The van der Waals surface area contributed by atoms with E-state index in [9.17, 15) is 9.59 Å². The monoisotopic (exact) mass is 256 g/mol. The number of nitrogens with one attached hydrogen (secondary N) is 1. The van der Waals surface area contributed by atoms with Crippen LogP contribution < -0.4 is 21.1 Å². The Morgan fingerprint density at radius 2 is 1.61 bits per heavy atom. The van der Waals surface area contributed by atoms with Gasteiger partial charge in [0.1, 0.15) is 11.4 Å². The van der Waals surface area contributed by atoms with Gasteiger partial charge in [-0.15, -0.1) is 0 Å². The lowest BCUT2D eigenvalue weighted by Gasteiger charge is -2.24. The molecule has 0 unspecified atom stereocenters. The van der Waals surface area contributed by atoms with Crippen molar-refractivity contribution in [3.63, 3.8) is 0 Å². The van der Waals surface area contributed by atoms with Crippen molar-refractivity contribution >= 4 is 11.4 Å². The molecule has 0 saturated carbocycles. The maximum Gasteiger partial charge on any atom is 0.253 e. The third-order valence-electron chi connectivity index (χ3n) is 2.80. The Balaban J connectivity index is 0. The van der Waals surface area contributed by atoms with Crippen molar-refractivity contribution in [1.29, 1.82) is 0 Å². The maximum atomic E-state index is 11.5. The van der Waals surface area contributed by atoms with Crippen molar-refractivity contribution in [3.8, 4) is 0 Å². The standard InChI is InChI=1S/C12H20N2O2.C2H6.H2/c1-4-7-8-13-9-10(12(16)11(9)15)14(5-2)6-3;1-2;/h13H,4-8H2,1-3H3;1-2H3;1H. The molecule has 0 atom stereocenters. The smallest absolute Gasteiger partial charge is 0.253 e. The fraction of sp³-hybridized carbons (Fsp3) is 0.714. The molecular formula is C14H28N2O2. The summed E-state index contributed by atoms with van der Waals surface area (Å²) in [6.45, 7) is 12.3. The number of anilines is 2. The molecule has 0 amide bonds. The van der Waals surface area contributed by atoms with Gasteiger partial charge in [0.2, 0.25) is 0 Å². The topological polar surface area (TPSA) is 49.4 Å². The molecule has 0 saturated heterocycles. The van der Waals surface area contributed by atoms with Crippen LogP contribution in [0.25, 0.3) is 0 Å². The fourth-order valence-electron chi connectivity index (χ4n) is 1.78. The molecule has 1 aromatic rings. The summed E-state index contributed by atoms with van der Waals surface area (Å²) in [5.74, 6) is 0. The first-order valence-electron chi connectivity index (χ1n) is 6.99. The summed E-state index contributed by atoms with van der Waals surface area (Å²) in [6.07, 6.45) is 2.08. The van der Waals surface area contributed by atoms with Gasteiger partial charge in [-0.2, -0.15) is 0 Å². The summed E-state index contributed by atoms with van der Waals surface area (Å²) in [5, 5.41) is 3.07. The van der Waals surface area contributed by atoms with Gasteiger partial charge in [0.15, 0.2) is 0 Å². The summed E-state index contributed by atoms with van der Waals surface area (Å²) in [7, 11) is 0. The third kappa shape index (κ3) is 3.59. The zero-order chi connectivity index (χ0) is 14.1. The molecule has 0 bridgehead atoms. The van der Waals surface area contributed by atoms with Crippen LogP contribution in [0.1, 0.15) is 48.9 Å². The number of nitrogens with zero attached hydrogens (tertiary/aromatic N) is 1. The Hall–Kier alpha value is -1.32. The molecule has 0 aliphatic heterocycles. The van der Waals surface area contributed by atoms with Crippen LogP contribution in [-0.2, 0) is 0 Å². The van der Waals surface area contributed by atoms with Gasteiger partial charge in [-0.05, 0) is 20.3 Å². The van der Waals surface area contributed by atoms with E-state index >= 15 is 0 Å². The average Bonchev–Trinajstić information content (AvgIpc) is 2.43. The second-order valence-corrected chi connectivity index (χ2v) is 3.83. The summed E-state index contributed by atoms with van der Waals surface area (Å²) >= 11 is 0. The molecule has 18 heavy (non-hydrogen) atoms. The van der Waals surface area contributed by atoms with Crippen molar-refractivity contribution in [2.24, 2.45) is 0 Å². The molecule has 1 rings (SSSR count). The Morgan fingerprint density at radius 3 is 2.06 bits per heavy atom. The first-order chi connectivity index (χ1) is 8.67. The first kappa shape index (κ1) is 16.7. The molecular weight excluding hydrogens is 228 g/mol. The van der Waals surface area contributed by atoms with E-state index in [1.54, 1.807) is 0 Å². The predicted octanol–water partition coefficient (Wildman–Crippen LogP) is 2.61. The van der Waals surface area contributed by atoms with Crippen molar-refractivity contribution in [2.45, 2.75) is 47.5 Å². The molecule has 0 heterocycles. The molecule has 0 aliphatic rings. The number of unbranched alkanes of at least 4 members (excludes halogenated alkanes) is 1. The zero-order valence-electron chi connectivity index (χ0n) is 12.3. The minimum atomic E-state index is -0.363. The van der Waals surface area contributed by atoms with Crippen LogP contribution in [0.15, 0.2) is 9.59 Å². The lowest BCUT2D eigenvalue weighted by Crippen LogP contribution is -2.42. The van der Waals surface area contributed by atoms with Crippen molar-refractivity contribution in [2.75, 3.05) is 29.9 Å². The Bertz CT molecular complexity index is 407. The summed E-state index contributed by atoms with van der Waals surface area (Å²) in [4.78, 5) is 24.8. The molecule has 106 valence electrons. The van der Waals surface area contributed by atoms with E-state index in [0.29, 0.717) is 11.4 Å². The molecule has 0 radical (unpaired) electrons. The molecule has 0 fully saturated rings. The molecule has 0 spiro atoms. The molecule has 1 N–H and O–H groups in total. The number of hydrogen-bond acceptors (Lipinski definition) is 4. The van der Waals surface area contributed by atoms with Gasteiger partial charge in [-0.3, -0.25) is 9.59 Å². The normalized spacial score (nSPS) is 9.83. The minimum Gasteiger partial charge on any atom is -0.380 e. The maximum absolute atomic E-state index is 11.5. The van der Waals surface area contributed by atoms with Crippen LogP contribution in [0.2, 0.25) is 0 Å². The van der Waals surface area contributed by atoms with E-state index < -0.39 is 0 Å². The van der Waals surface area contributed by atoms with Crippen molar-refractivity contribution in [1.82, 2.24) is 0 Å². The second kappa shape index (κ2) is 8.72. The molecule has 0 aromatic heterocycles. The van der Waals surface area contributed by atoms with Crippen LogP contribution >= 0.6 is 0 Å². The summed E-state index contributed by atoms with van der Waals surface area (Å²) in [5.41, 5.74) is 0.383. The second-order valence-electron chi connectivity index (χ2n) is 3.83. The van der Waals surface area contributed by atoms with Gasteiger partial charge in [-0.25, -0.2) is 0 Å². The van der Waals surface area contributed by atoms with Gasteiger partial charge in [0.25, 0.3) is 10.9 Å². The highest BCUT2D eigenvalue weighted by molar-refractivity contribution is 5.75. The van der Waals surface area contributed by atoms with Gasteiger partial charge in [0, 0.05) is 21.1 Å². The highest BCUT2D eigenvalue weighted by Gasteiger charge is 2.23. The van der Waals surface area contributed by atoms with Crippen LogP contribution in [-0.4, -0.2) is 19.6 Å². The first-order valence-corrected chi connectivity index (χ1v) is 6.99. The van der Waals surface area contributed by atoms with E-state index in [1.165, 1.54) is 0 Å².